The minimum absolute atomic E-state index is 0.150. The quantitative estimate of drug-likeness (QED) is 0.602. The van der Waals surface area contributed by atoms with Crippen molar-refractivity contribution < 1.29 is 4.92 Å². The molecule has 0 aromatic heterocycles. The summed E-state index contributed by atoms with van der Waals surface area (Å²) >= 11 is 0. The zero-order chi connectivity index (χ0) is 12.8. The van der Waals surface area contributed by atoms with Gasteiger partial charge in [0.25, 0.3) is 5.69 Å². The molecule has 4 heteroatoms. The van der Waals surface area contributed by atoms with E-state index in [4.69, 9.17) is 0 Å². The summed E-state index contributed by atoms with van der Waals surface area (Å²) in [4.78, 5) is 14.8. The van der Waals surface area contributed by atoms with Crippen LogP contribution in [0.1, 0.15) is 37.7 Å². The molecule has 0 aliphatic heterocycles. The fourth-order valence-corrected chi connectivity index (χ4v) is 2.25. The van der Waals surface area contributed by atoms with Gasteiger partial charge in [-0.1, -0.05) is 18.6 Å². The number of nitrogens with zero attached hydrogens (tertiary/aromatic N) is 2. The Morgan fingerprint density at radius 1 is 1.11 bits per heavy atom. The fourth-order valence-electron chi connectivity index (χ4n) is 2.25. The van der Waals surface area contributed by atoms with E-state index >= 15 is 0 Å². The molecule has 1 saturated carbocycles. The fraction of sp³-hybridized carbons (Fsp3) is 0.500. The SMILES string of the molecule is O=[N+]([O-])c1ccc(CCN=C2CCCCC2)cc1. The molecular weight excluding hydrogens is 228 g/mol. The van der Waals surface area contributed by atoms with Gasteiger partial charge in [-0.2, -0.15) is 0 Å². The van der Waals surface area contributed by atoms with E-state index in [0.717, 1.165) is 31.4 Å². The van der Waals surface area contributed by atoms with Gasteiger partial charge in [-0.25, -0.2) is 0 Å². The Hall–Kier alpha value is -1.71. The molecule has 0 amide bonds. The molecule has 0 radical (unpaired) electrons. The first-order chi connectivity index (χ1) is 8.75. The van der Waals surface area contributed by atoms with E-state index in [2.05, 4.69) is 4.99 Å². The van der Waals surface area contributed by atoms with Crippen molar-refractivity contribution in [2.45, 2.75) is 38.5 Å². The van der Waals surface area contributed by atoms with Gasteiger partial charge in [0.15, 0.2) is 0 Å². The molecule has 0 bridgehead atoms. The third-order valence-electron chi connectivity index (χ3n) is 3.31. The highest BCUT2D eigenvalue weighted by atomic mass is 16.6. The lowest BCUT2D eigenvalue weighted by molar-refractivity contribution is -0.384. The number of hydrogen-bond donors (Lipinski definition) is 0. The van der Waals surface area contributed by atoms with E-state index < -0.39 is 0 Å². The molecule has 1 aromatic rings. The maximum Gasteiger partial charge on any atom is 0.269 e. The standard InChI is InChI=1S/C14H18N2O2/c17-16(18)14-8-6-12(7-9-14)10-11-15-13-4-2-1-3-5-13/h6-9H,1-5,10-11H2. The molecule has 0 N–H and O–H groups in total. The molecule has 0 saturated heterocycles. The van der Waals surface area contributed by atoms with Gasteiger partial charge in [0.1, 0.15) is 0 Å². The third-order valence-corrected chi connectivity index (χ3v) is 3.31. The first-order valence-electron chi connectivity index (χ1n) is 6.51. The van der Waals surface area contributed by atoms with Crippen LogP contribution in [-0.4, -0.2) is 17.2 Å². The highest BCUT2D eigenvalue weighted by Gasteiger charge is 2.06. The zero-order valence-electron chi connectivity index (χ0n) is 10.5. The summed E-state index contributed by atoms with van der Waals surface area (Å²) in [6.45, 7) is 0.799. The first kappa shape index (κ1) is 12.7. The Kier molecular flexibility index (Phi) is 4.45. The zero-order valence-corrected chi connectivity index (χ0v) is 10.5. The van der Waals surface area contributed by atoms with E-state index in [1.807, 2.05) is 12.1 Å². The van der Waals surface area contributed by atoms with Crippen molar-refractivity contribution in [1.82, 2.24) is 0 Å². The van der Waals surface area contributed by atoms with Crippen LogP contribution in [0.2, 0.25) is 0 Å². The molecule has 2 rings (SSSR count). The van der Waals surface area contributed by atoms with Gasteiger partial charge < -0.3 is 0 Å². The summed E-state index contributed by atoms with van der Waals surface area (Å²) < 4.78 is 0. The largest absolute Gasteiger partial charge is 0.294 e. The van der Waals surface area contributed by atoms with Gasteiger partial charge in [-0.15, -0.1) is 0 Å². The van der Waals surface area contributed by atoms with Gasteiger partial charge >= 0.3 is 0 Å². The Bertz CT molecular complexity index is 430. The number of nitro benzene ring substituents is 1. The van der Waals surface area contributed by atoms with E-state index in [0.29, 0.717) is 0 Å². The number of non-ortho nitro benzene ring substituents is 1. The van der Waals surface area contributed by atoms with Gasteiger partial charge in [0.2, 0.25) is 0 Å². The van der Waals surface area contributed by atoms with Crippen LogP contribution in [0.5, 0.6) is 0 Å². The molecule has 1 aliphatic carbocycles. The minimum Gasteiger partial charge on any atom is -0.294 e. The van der Waals surface area contributed by atoms with Crippen molar-refractivity contribution in [3.05, 3.63) is 39.9 Å². The smallest absolute Gasteiger partial charge is 0.269 e. The van der Waals surface area contributed by atoms with Crippen LogP contribution in [0, 0.1) is 10.1 Å². The van der Waals surface area contributed by atoms with E-state index in [1.54, 1.807) is 12.1 Å². The molecule has 18 heavy (non-hydrogen) atoms. The molecule has 0 spiro atoms. The topological polar surface area (TPSA) is 55.5 Å². The maximum atomic E-state index is 10.5. The number of aliphatic imine (C=N–C) groups is 1. The second kappa shape index (κ2) is 6.28. The Morgan fingerprint density at radius 2 is 1.78 bits per heavy atom. The molecule has 0 atom stereocenters. The van der Waals surface area contributed by atoms with Crippen LogP contribution in [0.25, 0.3) is 0 Å². The summed E-state index contributed by atoms with van der Waals surface area (Å²) in [5.74, 6) is 0. The summed E-state index contributed by atoms with van der Waals surface area (Å²) in [7, 11) is 0. The van der Waals surface area contributed by atoms with E-state index in [-0.39, 0.29) is 10.6 Å². The van der Waals surface area contributed by atoms with Crippen LogP contribution in [0.3, 0.4) is 0 Å². The third kappa shape index (κ3) is 3.65. The summed E-state index contributed by atoms with van der Waals surface area (Å²) in [6.07, 6.45) is 7.05. The van der Waals surface area contributed by atoms with Crippen molar-refractivity contribution in [3.63, 3.8) is 0 Å². The molecular formula is C14H18N2O2. The second-order valence-electron chi connectivity index (χ2n) is 4.68. The van der Waals surface area contributed by atoms with Crippen LogP contribution < -0.4 is 0 Å². The maximum absolute atomic E-state index is 10.5. The molecule has 1 aliphatic rings. The van der Waals surface area contributed by atoms with Crippen molar-refractivity contribution in [2.24, 2.45) is 4.99 Å². The van der Waals surface area contributed by atoms with Crippen molar-refractivity contribution in [1.29, 1.82) is 0 Å². The van der Waals surface area contributed by atoms with Crippen LogP contribution in [0.4, 0.5) is 5.69 Å². The monoisotopic (exact) mass is 246 g/mol. The summed E-state index contributed by atoms with van der Waals surface area (Å²) in [5, 5.41) is 10.5. The predicted octanol–water partition coefficient (Wildman–Crippen LogP) is 3.54. The Labute approximate surface area is 107 Å². The van der Waals surface area contributed by atoms with Gasteiger partial charge in [-0.05, 0) is 37.7 Å². The van der Waals surface area contributed by atoms with E-state index in [1.165, 1.54) is 25.0 Å². The highest BCUT2D eigenvalue weighted by Crippen LogP contribution is 2.15. The van der Waals surface area contributed by atoms with Crippen molar-refractivity contribution in [3.8, 4) is 0 Å². The predicted molar refractivity (Wildman–Crippen MR) is 72.2 cm³/mol. The van der Waals surface area contributed by atoms with Gasteiger partial charge in [0, 0.05) is 24.4 Å². The van der Waals surface area contributed by atoms with Crippen LogP contribution in [0.15, 0.2) is 29.3 Å². The van der Waals surface area contributed by atoms with Crippen molar-refractivity contribution in [2.75, 3.05) is 6.54 Å². The molecule has 0 unspecified atom stereocenters. The lowest BCUT2D eigenvalue weighted by atomic mass is 9.98. The lowest BCUT2D eigenvalue weighted by Gasteiger charge is -2.12. The summed E-state index contributed by atoms with van der Waals surface area (Å²) in [5.41, 5.74) is 2.61. The summed E-state index contributed by atoms with van der Waals surface area (Å²) in [6, 6.07) is 6.75. The van der Waals surface area contributed by atoms with Crippen LogP contribution in [-0.2, 0) is 6.42 Å². The number of hydrogen-bond acceptors (Lipinski definition) is 3. The lowest BCUT2D eigenvalue weighted by Crippen LogP contribution is -2.06. The molecule has 1 aromatic carbocycles. The average Bonchev–Trinajstić information content (AvgIpc) is 2.40. The first-order valence-corrected chi connectivity index (χ1v) is 6.51. The minimum atomic E-state index is -0.369. The van der Waals surface area contributed by atoms with Gasteiger partial charge in [-0.3, -0.25) is 15.1 Å². The molecule has 1 fully saturated rings. The van der Waals surface area contributed by atoms with Crippen molar-refractivity contribution >= 4 is 11.4 Å². The Morgan fingerprint density at radius 3 is 2.39 bits per heavy atom. The highest BCUT2D eigenvalue weighted by molar-refractivity contribution is 5.84. The number of benzene rings is 1. The molecule has 96 valence electrons. The van der Waals surface area contributed by atoms with Gasteiger partial charge in [0.05, 0.1) is 4.92 Å². The molecule has 4 nitrogen and oxygen atoms in total. The second-order valence-corrected chi connectivity index (χ2v) is 4.68. The normalized spacial score (nSPS) is 15.4. The average molecular weight is 246 g/mol. The molecule has 0 heterocycles. The van der Waals surface area contributed by atoms with E-state index in [9.17, 15) is 10.1 Å². The van der Waals surface area contributed by atoms with Crippen LogP contribution >= 0.6 is 0 Å². The Balaban J connectivity index is 1.84. The number of rotatable bonds is 4. The number of nitro groups is 1.